The number of carbonyl (C=O) groups is 1. The van der Waals surface area contributed by atoms with Crippen LogP contribution in [0, 0.1) is 0 Å². The standard InChI is InChI=1S/C26H37N9O/c1-18(2)22-17-29-35-24(22)32-25(31-20-10-12-27-13-11-20)33-26(35)28-16-19-7-5-8-21(15-19)30-23(36)9-6-14-34(3)4/h5-9,15,17-18,20,27H,10-14,16H2,1-4H3,(H,30,36)(H2,28,31,32,33)/b9-6+. The average Bonchev–Trinajstić information content (AvgIpc) is 3.28. The van der Waals surface area contributed by atoms with Gasteiger partial charge in [0.25, 0.3) is 0 Å². The van der Waals surface area contributed by atoms with E-state index in [0.717, 1.165) is 48.4 Å². The van der Waals surface area contributed by atoms with Gasteiger partial charge in [-0.3, -0.25) is 4.79 Å². The van der Waals surface area contributed by atoms with Crippen LogP contribution in [0.4, 0.5) is 17.6 Å². The molecule has 36 heavy (non-hydrogen) atoms. The summed E-state index contributed by atoms with van der Waals surface area (Å²) in [4.78, 5) is 23.8. The van der Waals surface area contributed by atoms with Crippen LogP contribution in [0.5, 0.6) is 0 Å². The first-order valence-corrected chi connectivity index (χ1v) is 12.6. The monoisotopic (exact) mass is 491 g/mol. The number of likely N-dealkylation sites (N-methyl/N-ethyl adjacent to an activating group) is 1. The van der Waals surface area contributed by atoms with Crippen molar-refractivity contribution in [1.29, 1.82) is 0 Å². The van der Waals surface area contributed by atoms with Gasteiger partial charge in [0.05, 0.1) is 6.20 Å². The summed E-state index contributed by atoms with van der Waals surface area (Å²) >= 11 is 0. The van der Waals surface area contributed by atoms with Gasteiger partial charge in [-0.2, -0.15) is 19.6 Å². The Morgan fingerprint density at radius 1 is 1.25 bits per heavy atom. The second-order valence-electron chi connectivity index (χ2n) is 9.74. The molecule has 0 bridgehead atoms. The Kier molecular flexibility index (Phi) is 8.50. The lowest BCUT2D eigenvalue weighted by Gasteiger charge is -2.24. The summed E-state index contributed by atoms with van der Waals surface area (Å²) in [5.41, 5.74) is 3.65. The molecule has 0 aliphatic carbocycles. The second-order valence-corrected chi connectivity index (χ2v) is 9.74. The van der Waals surface area contributed by atoms with Crippen LogP contribution in [0.1, 0.15) is 43.7 Å². The maximum absolute atomic E-state index is 12.2. The number of hydrogen-bond donors (Lipinski definition) is 4. The molecule has 10 heteroatoms. The predicted molar refractivity (Wildman–Crippen MR) is 144 cm³/mol. The largest absolute Gasteiger partial charge is 0.351 e. The molecule has 4 rings (SSSR count). The molecule has 1 saturated heterocycles. The Balaban J connectivity index is 1.50. The molecule has 3 aromatic rings. The number of benzene rings is 1. The van der Waals surface area contributed by atoms with E-state index in [1.54, 1.807) is 10.6 Å². The fourth-order valence-corrected chi connectivity index (χ4v) is 4.12. The number of amides is 1. The highest BCUT2D eigenvalue weighted by Gasteiger charge is 2.18. The molecule has 2 aromatic heterocycles. The van der Waals surface area contributed by atoms with Gasteiger partial charge in [-0.25, -0.2) is 0 Å². The van der Waals surface area contributed by atoms with Gasteiger partial charge in [-0.15, -0.1) is 0 Å². The van der Waals surface area contributed by atoms with E-state index in [1.165, 1.54) is 0 Å². The van der Waals surface area contributed by atoms with Gasteiger partial charge in [0.1, 0.15) is 0 Å². The van der Waals surface area contributed by atoms with Gasteiger partial charge in [-0.05, 0) is 63.6 Å². The second kappa shape index (κ2) is 12.0. The number of hydrogen-bond acceptors (Lipinski definition) is 8. The van der Waals surface area contributed by atoms with Crippen molar-refractivity contribution in [2.75, 3.05) is 49.7 Å². The summed E-state index contributed by atoms with van der Waals surface area (Å²) in [6.07, 6.45) is 7.34. The van der Waals surface area contributed by atoms with Crippen LogP contribution < -0.4 is 21.3 Å². The normalized spacial score (nSPS) is 14.7. The van der Waals surface area contributed by atoms with E-state index >= 15 is 0 Å². The minimum absolute atomic E-state index is 0.147. The minimum atomic E-state index is -0.147. The van der Waals surface area contributed by atoms with Crippen molar-refractivity contribution in [3.05, 3.63) is 53.7 Å². The minimum Gasteiger partial charge on any atom is -0.351 e. The maximum atomic E-state index is 12.2. The number of rotatable bonds is 10. The summed E-state index contributed by atoms with van der Waals surface area (Å²) in [5, 5.41) is 17.8. The number of carbonyl (C=O) groups excluding carboxylic acids is 1. The van der Waals surface area contributed by atoms with Crippen molar-refractivity contribution in [2.24, 2.45) is 0 Å². The van der Waals surface area contributed by atoms with Crippen molar-refractivity contribution >= 4 is 29.1 Å². The average molecular weight is 492 g/mol. The molecule has 4 N–H and O–H groups in total. The number of anilines is 3. The third-order valence-corrected chi connectivity index (χ3v) is 6.07. The lowest BCUT2D eigenvalue weighted by Crippen LogP contribution is -2.35. The molecule has 0 saturated carbocycles. The van der Waals surface area contributed by atoms with E-state index in [9.17, 15) is 4.79 Å². The van der Waals surface area contributed by atoms with Crippen molar-refractivity contribution in [1.82, 2.24) is 29.8 Å². The summed E-state index contributed by atoms with van der Waals surface area (Å²) in [7, 11) is 3.92. The lowest BCUT2D eigenvalue weighted by atomic mass is 10.1. The fourth-order valence-electron chi connectivity index (χ4n) is 4.12. The van der Waals surface area contributed by atoms with Gasteiger partial charge in [0.2, 0.25) is 17.8 Å². The van der Waals surface area contributed by atoms with E-state index in [1.807, 2.05) is 55.5 Å². The van der Waals surface area contributed by atoms with Crippen LogP contribution in [0.3, 0.4) is 0 Å². The summed E-state index contributed by atoms with van der Waals surface area (Å²) < 4.78 is 1.77. The Labute approximate surface area is 212 Å². The van der Waals surface area contributed by atoms with Gasteiger partial charge >= 0.3 is 0 Å². The molecule has 0 spiro atoms. The molecule has 192 valence electrons. The van der Waals surface area contributed by atoms with E-state index in [-0.39, 0.29) is 5.91 Å². The zero-order valence-corrected chi connectivity index (χ0v) is 21.6. The first-order valence-electron chi connectivity index (χ1n) is 12.6. The molecule has 1 fully saturated rings. The van der Waals surface area contributed by atoms with Crippen molar-refractivity contribution in [3.8, 4) is 0 Å². The van der Waals surface area contributed by atoms with Gasteiger partial charge in [-0.1, -0.05) is 32.1 Å². The molecule has 1 aliphatic heterocycles. The highest BCUT2D eigenvalue weighted by atomic mass is 16.1. The van der Waals surface area contributed by atoms with Crippen LogP contribution in [0.25, 0.3) is 5.65 Å². The number of nitrogens with zero attached hydrogens (tertiary/aromatic N) is 5. The Morgan fingerprint density at radius 2 is 2.06 bits per heavy atom. The van der Waals surface area contributed by atoms with Gasteiger partial charge in [0, 0.05) is 36.5 Å². The highest BCUT2D eigenvalue weighted by molar-refractivity contribution is 5.99. The fraction of sp³-hybridized carbons (Fsp3) is 0.462. The first-order chi connectivity index (χ1) is 17.4. The molecule has 1 aliphatic rings. The summed E-state index contributed by atoms with van der Waals surface area (Å²) in [5.74, 6) is 1.39. The Bertz CT molecular complexity index is 1200. The van der Waals surface area contributed by atoms with Crippen LogP contribution >= 0.6 is 0 Å². The number of piperidine rings is 1. The Morgan fingerprint density at radius 3 is 2.81 bits per heavy atom. The van der Waals surface area contributed by atoms with E-state index < -0.39 is 0 Å². The quantitative estimate of drug-likeness (QED) is 0.320. The predicted octanol–water partition coefficient (Wildman–Crippen LogP) is 3.08. The van der Waals surface area contributed by atoms with Crippen LogP contribution in [0.2, 0.25) is 0 Å². The number of fused-ring (bicyclic) bond motifs is 1. The molecule has 0 unspecified atom stereocenters. The lowest BCUT2D eigenvalue weighted by molar-refractivity contribution is -0.111. The van der Waals surface area contributed by atoms with Crippen molar-refractivity contribution in [2.45, 2.75) is 45.2 Å². The van der Waals surface area contributed by atoms with Gasteiger partial charge < -0.3 is 26.2 Å². The zero-order chi connectivity index (χ0) is 25.5. The van der Waals surface area contributed by atoms with Crippen LogP contribution in [0.15, 0.2) is 42.6 Å². The topological polar surface area (TPSA) is 112 Å². The Hall–Kier alpha value is -3.50. The zero-order valence-electron chi connectivity index (χ0n) is 21.6. The van der Waals surface area contributed by atoms with Crippen molar-refractivity contribution < 1.29 is 4.79 Å². The van der Waals surface area contributed by atoms with Gasteiger partial charge in [0.15, 0.2) is 5.65 Å². The molecule has 3 heterocycles. The number of aromatic nitrogens is 4. The van der Waals surface area contributed by atoms with E-state index in [2.05, 4.69) is 40.2 Å². The van der Waals surface area contributed by atoms with E-state index in [0.29, 0.717) is 36.9 Å². The van der Waals surface area contributed by atoms with Crippen molar-refractivity contribution in [3.63, 3.8) is 0 Å². The SMILES string of the molecule is CC(C)c1cnn2c(NCc3cccc(NC(=O)/C=C/CN(C)C)c3)nc(NC3CCNCC3)nc12. The summed E-state index contributed by atoms with van der Waals surface area (Å²) in [6.45, 7) is 7.50. The number of nitrogens with one attached hydrogen (secondary N) is 4. The molecule has 0 radical (unpaired) electrons. The van der Waals surface area contributed by atoms with Crippen LogP contribution in [-0.2, 0) is 11.3 Å². The maximum Gasteiger partial charge on any atom is 0.248 e. The molecule has 1 amide bonds. The van der Waals surface area contributed by atoms with E-state index in [4.69, 9.17) is 9.97 Å². The van der Waals surface area contributed by atoms with Crippen LogP contribution in [-0.4, -0.2) is 70.2 Å². The molecule has 1 aromatic carbocycles. The highest BCUT2D eigenvalue weighted by Crippen LogP contribution is 2.23. The smallest absolute Gasteiger partial charge is 0.248 e. The molecular formula is C26H37N9O. The molecule has 0 atom stereocenters. The first kappa shape index (κ1) is 25.6. The molecular weight excluding hydrogens is 454 g/mol. The third-order valence-electron chi connectivity index (χ3n) is 6.07. The molecule has 10 nitrogen and oxygen atoms in total. The summed E-state index contributed by atoms with van der Waals surface area (Å²) in [6, 6.07) is 8.13. The third kappa shape index (κ3) is 6.79.